The topological polar surface area (TPSA) is 78.6 Å². The SMILES string of the molecule is CC(=Cc1sc2ccccc2[n+]1CCCS(=O)(=O)O)C=C1Sc2ccccc2N1CCC=O. The lowest BCUT2D eigenvalue weighted by Gasteiger charge is -2.19. The summed E-state index contributed by atoms with van der Waals surface area (Å²) in [6, 6.07) is 16.2. The number of rotatable bonds is 9. The smallest absolute Gasteiger partial charge is 0.265 e. The van der Waals surface area contributed by atoms with Crippen molar-refractivity contribution in [3.8, 4) is 0 Å². The Morgan fingerprint density at radius 1 is 1.15 bits per heavy atom. The molecule has 0 fully saturated rings. The van der Waals surface area contributed by atoms with Crippen molar-refractivity contribution in [3.05, 3.63) is 70.2 Å². The van der Waals surface area contributed by atoms with E-state index in [0.29, 0.717) is 25.9 Å². The molecule has 2 heterocycles. The molecule has 4 rings (SSSR count). The first kappa shape index (κ1) is 23.7. The van der Waals surface area contributed by atoms with Gasteiger partial charge >= 0.3 is 0 Å². The van der Waals surface area contributed by atoms with Crippen molar-refractivity contribution in [1.29, 1.82) is 0 Å². The van der Waals surface area contributed by atoms with E-state index in [0.717, 1.165) is 37.8 Å². The number of anilines is 1. The minimum atomic E-state index is -3.99. The average molecular weight is 502 g/mol. The predicted molar refractivity (Wildman–Crippen MR) is 135 cm³/mol. The molecule has 9 heteroatoms. The lowest BCUT2D eigenvalue weighted by Crippen LogP contribution is -2.36. The molecule has 0 radical (unpaired) electrons. The van der Waals surface area contributed by atoms with Crippen LogP contribution in [0.3, 0.4) is 0 Å². The van der Waals surface area contributed by atoms with Crippen LogP contribution in [0, 0.1) is 0 Å². The number of nitrogens with zero attached hydrogens (tertiary/aromatic N) is 2. The summed E-state index contributed by atoms with van der Waals surface area (Å²) in [5.41, 5.74) is 3.21. The molecular formula is C24H25N2O4S3+. The van der Waals surface area contributed by atoms with Crippen molar-refractivity contribution < 1.29 is 22.3 Å². The van der Waals surface area contributed by atoms with Crippen LogP contribution in [0.2, 0.25) is 0 Å². The summed E-state index contributed by atoms with van der Waals surface area (Å²) in [6.07, 6.45) is 5.96. The summed E-state index contributed by atoms with van der Waals surface area (Å²) < 4.78 is 34.7. The molecule has 0 amide bonds. The van der Waals surface area contributed by atoms with Crippen LogP contribution in [0.5, 0.6) is 0 Å². The molecular weight excluding hydrogens is 476 g/mol. The number of fused-ring (bicyclic) bond motifs is 2. The normalized spacial score (nSPS) is 15.4. The fourth-order valence-electron chi connectivity index (χ4n) is 3.80. The second-order valence-corrected chi connectivity index (χ2v) is 11.4. The van der Waals surface area contributed by atoms with E-state index < -0.39 is 10.1 Å². The molecule has 2 aromatic carbocycles. The number of carbonyl (C=O) groups is 1. The zero-order valence-electron chi connectivity index (χ0n) is 18.2. The van der Waals surface area contributed by atoms with E-state index in [-0.39, 0.29) is 5.75 Å². The third-order valence-electron chi connectivity index (χ3n) is 5.23. The van der Waals surface area contributed by atoms with Crippen LogP contribution in [0.4, 0.5) is 5.69 Å². The Kier molecular flexibility index (Phi) is 7.33. The lowest BCUT2D eigenvalue weighted by atomic mass is 10.2. The molecule has 1 N–H and O–H groups in total. The first-order chi connectivity index (χ1) is 15.9. The number of para-hydroxylation sites is 2. The third kappa shape index (κ3) is 5.73. The van der Waals surface area contributed by atoms with Crippen molar-refractivity contribution >= 4 is 61.5 Å². The fourth-order valence-corrected chi connectivity index (χ4v) is 6.69. The molecule has 33 heavy (non-hydrogen) atoms. The summed E-state index contributed by atoms with van der Waals surface area (Å²) in [5.74, 6) is -0.267. The van der Waals surface area contributed by atoms with Crippen LogP contribution < -0.4 is 9.47 Å². The first-order valence-electron chi connectivity index (χ1n) is 10.6. The maximum atomic E-state index is 11.2. The van der Waals surface area contributed by atoms with E-state index >= 15 is 0 Å². The van der Waals surface area contributed by atoms with Gasteiger partial charge in [0, 0.05) is 36.4 Å². The number of carbonyl (C=O) groups excluding carboxylic acids is 1. The third-order valence-corrected chi connectivity index (χ3v) is 8.26. The van der Waals surface area contributed by atoms with E-state index in [2.05, 4.69) is 39.8 Å². The Hall–Kier alpha value is -2.46. The van der Waals surface area contributed by atoms with Crippen molar-refractivity contribution in [1.82, 2.24) is 0 Å². The maximum Gasteiger partial charge on any atom is 0.265 e. The van der Waals surface area contributed by atoms with Gasteiger partial charge in [0.05, 0.1) is 16.5 Å². The summed E-state index contributed by atoms with van der Waals surface area (Å²) >= 11 is 3.34. The van der Waals surface area contributed by atoms with Gasteiger partial charge in [-0.2, -0.15) is 13.0 Å². The minimum absolute atomic E-state index is 0.267. The van der Waals surface area contributed by atoms with Gasteiger partial charge in [-0.25, -0.2) is 0 Å². The largest absolute Gasteiger partial charge is 0.335 e. The molecule has 0 aliphatic carbocycles. The number of benzene rings is 2. The molecule has 3 aromatic rings. The van der Waals surface area contributed by atoms with Crippen molar-refractivity contribution in [2.24, 2.45) is 0 Å². The van der Waals surface area contributed by atoms with Gasteiger partial charge in [-0.1, -0.05) is 47.4 Å². The van der Waals surface area contributed by atoms with Crippen molar-refractivity contribution in [3.63, 3.8) is 0 Å². The van der Waals surface area contributed by atoms with Gasteiger partial charge in [0.15, 0.2) is 6.54 Å². The molecule has 172 valence electrons. The van der Waals surface area contributed by atoms with Crippen LogP contribution >= 0.6 is 23.1 Å². The molecule has 0 saturated heterocycles. The van der Waals surface area contributed by atoms with E-state index in [4.69, 9.17) is 4.55 Å². The Balaban J connectivity index is 1.65. The Morgan fingerprint density at radius 3 is 2.70 bits per heavy atom. The molecule has 0 atom stereocenters. The number of thioether (sulfide) groups is 1. The van der Waals surface area contributed by atoms with Gasteiger partial charge in [0.2, 0.25) is 5.52 Å². The highest BCUT2D eigenvalue weighted by molar-refractivity contribution is 8.03. The highest BCUT2D eigenvalue weighted by Crippen LogP contribution is 2.46. The minimum Gasteiger partial charge on any atom is -0.335 e. The molecule has 1 aliphatic rings. The number of aryl methyl sites for hydroxylation is 1. The van der Waals surface area contributed by atoms with Crippen LogP contribution in [0.15, 0.2) is 70.1 Å². The van der Waals surface area contributed by atoms with Crippen molar-refractivity contribution in [2.45, 2.75) is 31.2 Å². The Bertz CT molecular complexity index is 1340. The Labute approximate surface area is 202 Å². The highest BCUT2D eigenvalue weighted by Gasteiger charge is 2.25. The van der Waals surface area contributed by atoms with Gasteiger partial charge < -0.3 is 9.69 Å². The molecule has 0 saturated carbocycles. The molecule has 0 spiro atoms. The standard InChI is InChI=1S/C24H24N2O4S3/c1-18(16-23-25(12-6-14-27)19-8-2-4-10-21(19)31-23)17-24-26(13-7-15-33(28,29)30)20-9-3-5-11-22(20)32-24/h2-5,8-11,14,16-17H,6-7,12-13,15H2,1H3/p+1. The molecule has 1 aliphatic heterocycles. The number of hydrogen-bond donors (Lipinski definition) is 1. The van der Waals surface area contributed by atoms with Gasteiger partial charge in [0.1, 0.15) is 11.0 Å². The van der Waals surface area contributed by atoms with Crippen LogP contribution in [0.25, 0.3) is 16.3 Å². The zero-order valence-corrected chi connectivity index (χ0v) is 20.6. The first-order valence-corrected chi connectivity index (χ1v) is 13.8. The van der Waals surface area contributed by atoms with Crippen molar-refractivity contribution in [2.75, 3.05) is 17.2 Å². The second kappa shape index (κ2) is 10.2. The summed E-state index contributed by atoms with van der Waals surface area (Å²) in [7, 11) is -3.99. The van der Waals surface area contributed by atoms with Crippen LogP contribution in [0.1, 0.15) is 24.8 Å². The van der Waals surface area contributed by atoms with Gasteiger partial charge in [-0.15, -0.1) is 0 Å². The number of thiazole rings is 1. The second-order valence-electron chi connectivity index (χ2n) is 7.75. The van der Waals surface area contributed by atoms with Gasteiger partial charge in [-0.05, 0) is 36.8 Å². The van der Waals surface area contributed by atoms with E-state index in [1.165, 1.54) is 4.90 Å². The highest BCUT2D eigenvalue weighted by atomic mass is 32.2. The summed E-state index contributed by atoms with van der Waals surface area (Å²) in [4.78, 5) is 14.3. The van der Waals surface area contributed by atoms with E-state index in [9.17, 15) is 13.2 Å². The lowest BCUT2D eigenvalue weighted by molar-refractivity contribution is -0.668. The number of aldehydes is 1. The maximum absolute atomic E-state index is 11.2. The average Bonchev–Trinajstić information content (AvgIpc) is 3.29. The zero-order chi connectivity index (χ0) is 23.4. The fraction of sp³-hybridized carbons (Fsp3) is 0.250. The van der Waals surface area contributed by atoms with E-state index in [1.807, 2.05) is 37.3 Å². The number of aromatic nitrogens is 1. The molecule has 0 unspecified atom stereocenters. The number of hydrogen-bond acceptors (Lipinski definition) is 6. The van der Waals surface area contributed by atoms with Gasteiger partial charge in [-0.3, -0.25) is 4.55 Å². The summed E-state index contributed by atoms with van der Waals surface area (Å²) in [6.45, 7) is 3.16. The molecule has 6 nitrogen and oxygen atoms in total. The number of allylic oxidation sites excluding steroid dienone is 2. The molecule has 0 bridgehead atoms. The van der Waals surface area contributed by atoms with Crippen LogP contribution in [-0.2, 0) is 21.5 Å². The summed E-state index contributed by atoms with van der Waals surface area (Å²) in [5, 5.41) is 2.09. The van der Waals surface area contributed by atoms with Crippen LogP contribution in [-0.4, -0.2) is 31.6 Å². The monoisotopic (exact) mass is 501 g/mol. The van der Waals surface area contributed by atoms with Gasteiger partial charge in [0.25, 0.3) is 15.1 Å². The molecule has 1 aromatic heterocycles. The predicted octanol–water partition coefficient (Wildman–Crippen LogP) is 4.91. The quantitative estimate of drug-likeness (QED) is 0.255. The Morgan fingerprint density at radius 2 is 1.91 bits per heavy atom. The van der Waals surface area contributed by atoms with E-state index in [1.54, 1.807) is 23.1 Å².